The van der Waals surface area contributed by atoms with Gasteiger partial charge in [0.2, 0.25) is 5.78 Å². The summed E-state index contributed by atoms with van der Waals surface area (Å²) in [4.78, 5) is 12.3. The van der Waals surface area contributed by atoms with E-state index in [0.717, 1.165) is 32.2 Å². The van der Waals surface area contributed by atoms with E-state index in [1.165, 1.54) is 6.20 Å². The first-order chi connectivity index (χ1) is 7.73. The lowest BCUT2D eigenvalue weighted by molar-refractivity contribution is -0.0454. The lowest BCUT2D eigenvalue weighted by Crippen LogP contribution is -2.47. The van der Waals surface area contributed by atoms with Crippen LogP contribution < -0.4 is 0 Å². The van der Waals surface area contributed by atoms with Crippen molar-refractivity contribution in [3.63, 3.8) is 0 Å². The molecule has 16 heavy (non-hydrogen) atoms. The van der Waals surface area contributed by atoms with Crippen molar-refractivity contribution in [3.05, 3.63) is 11.9 Å². The fourth-order valence-corrected chi connectivity index (χ4v) is 2.07. The molecule has 0 aromatic carbocycles. The molecular weight excluding hydrogens is 206 g/mol. The fourth-order valence-electron chi connectivity index (χ4n) is 2.07. The van der Waals surface area contributed by atoms with Crippen LogP contribution in [-0.2, 0) is 11.3 Å². The average molecular weight is 223 g/mol. The van der Waals surface area contributed by atoms with E-state index in [0.29, 0.717) is 5.69 Å². The lowest BCUT2D eigenvalue weighted by atomic mass is 9.76. The third-order valence-electron chi connectivity index (χ3n) is 3.25. The van der Waals surface area contributed by atoms with Crippen LogP contribution in [0.4, 0.5) is 0 Å². The van der Waals surface area contributed by atoms with Gasteiger partial charge in [0.1, 0.15) is 11.3 Å². The molecule has 2 rings (SSSR count). The fraction of sp³-hybridized carbons (Fsp3) is 0.727. The Morgan fingerprint density at radius 3 is 2.88 bits per heavy atom. The standard InChI is InChI=1S/C11H17N3O2/c1-3-7-14-9(8-12-13-14)10(15)11(16-2)5-4-6-11/h8H,3-7H2,1-2H3. The second kappa shape index (κ2) is 4.33. The zero-order valence-corrected chi connectivity index (χ0v) is 9.77. The molecule has 1 aromatic rings. The van der Waals surface area contributed by atoms with Gasteiger partial charge < -0.3 is 4.74 Å². The van der Waals surface area contributed by atoms with Gasteiger partial charge >= 0.3 is 0 Å². The van der Waals surface area contributed by atoms with E-state index in [1.807, 2.05) is 6.92 Å². The van der Waals surface area contributed by atoms with Gasteiger partial charge in [-0.25, -0.2) is 4.68 Å². The summed E-state index contributed by atoms with van der Waals surface area (Å²) in [6.07, 6.45) is 5.13. The van der Waals surface area contributed by atoms with Gasteiger partial charge in [0.25, 0.3) is 0 Å². The minimum atomic E-state index is -0.604. The van der Waals surface area contributed by atoms with E-state index in [2.05, 4.69) is 10.3 Å². The van der Waals surface area contributed by atoms with E-state index in [-0.39, 0.29) is 5.78 Å². The summed E-state index contributed by atoms with van der Waals surface area (Å²) >= 11 is 0. The smallest absolute Gasteiger partial charge is 0.214 e. The van der Waals surface area contributed by atoms with Gasteiger partial charge in [-0.15, -0.1) is 5.10 Å². The summed E-state index contributed by atoms with van der Waals surface area (Å²) < 4.78 is 7.04. The van der Waals surface area contributed by atoms with Gasteiger partial charge in [0.05, 0.1) is 6.20 Å². The van der Waals surface area contributed by atoms with Crippen molar-refractivity contribution in [1.82, 2.24) is 15.0 Å². The highest BCUT2D eigenvalue weighted by Crippen LogP contribution is 2.37. The lowest BCUT2D eigenvalue weighted by Gasteiger charge is -2.38. The number of aryl methyl sites for hydroxylation is 1. The highest BCUT2D eigenvalue weighted by atomic mass is 16.5. The van der Waals surface area contributed by atoms with Crippen molar-refractivity contribution in [2.24, 2.45) is 0 Å². The molecule has 0 saturated heterocycles. The third-order valence-corrected chi connectivity index (χ3v) is 3.25. The van der Waals surface area contributed by atoms with Crippen LogP contribution in [0.2, 0.25) is 0 Å². The Morgan fingerprint density at radius 1 is 1.62 bits per heavy atom. The minimum absolute atomic E-state index is 0.0275. The molecule has 0 N–H and O–H groups in total. The molecule has 1 aliphatic carbocycles. The van der Waals surface area contributed by atoms with Gasteiger partial charge in [0.15, 0.2) is 0 Å². The monoisotopic (exact) mass is 223 g/mol. The maximum atomic E-state index is 12.3. The summed E-state index contributed by atoms with van der Waals surface area (Å²) in [5, 5.41) is 7.73. The molecule has 88 valence electrons. The van der Waals surface area contributed by atoms with Crippen LogP contribution >= 0.6 is 0 Å². The first-order valence-corrected chi connectivity index (χ1v) is 5.72. The van der Waals surface area contributed by atoms with E-state index in [9.17, 15) is 4.79 Å². The summed E-state index contributed by atoms with van der Waals surface area (Å²) in [7, 11) is 1.60. The van der Waals surface area contributed by atoms with Crippen molar-refractivity contribution in [2.75, 3.05) is 7.11 Å². The molecule has 0 aliphatic heterocycles. The second-order valence-corrected chi connectivity index (χ2v) is 4.22. The number of nitrogens with zero attached hydrogens (tertiary/aromatic N) is 3. The molecule has 1 saturated carbocycles. The number of ether oxygens (including phenoxy) is 1. The van der Waals surface area contributed by atoms with Crippen molar-refractivity contribution >= 4 is 5.78 Å². The quantitative estimate of drug-likeness (QED) is 0.709. The Hall–Kier alpha value is -1.23. The van der Waals surface area contributed by atoms with Crippen LogP contribution in [-0.4, -0.2) is 33.5 Å². The first-order valence-electron chi connectivity index (χ1n) is 5.72. The number of aromatic nitrogens is 3. The Balaban J connectivity index is 2.23. The number of ketones is 1. The van der Waals surface area contributed by atoms with E-state index < -0.39 is 5.60 Å². The summed E-state index contributed by atoms with van der Waals surface area (Å²) in [5.41, 5.74) is -0.0314. The molecule has 1 fully saturated rings. The predicted molar refractivity (Wildman–Crippen MR) is 58.2 cm³/mol. The minimum Gasteiger partial charge on any atom is -0.370 e. The van der Waals surface area contributed by atoms with Gasteiger partial charge in [-0.2, -0.15) is 0 Å². The van der Waals surface area contributed by atoms with Crippen molar-refractivity contribution < 1.29 is 9.53 Å². The second-order valence-electron chi connectivity index (χ2n) is 4.22. The van der Waals surface area contributed by atoms with Crippen LogP contribution in [0.25, 0.3) is 0 Å². The topological polar surface area (TPSA) is 57.0 Å². The number of methoxy groups -OCH3 is 1. The number of hydrogen-bond donors (Lipinski definition) is 0. The van der Waals surface area contributed by atoms with E-state index >= 15 is 0 Å². The van der Waals surface area contributed by atoms with Crippen LogP contribution in [0.3, 0.4) is 0 Å². The Labute approximate surface area is 94.8 Å². The molecule has 0 radical (unpaired) electrons. The van der Waals surface area contributed by atoms with Crippen LogP contribution in [0, 0.1) is 0 Å². The average Bonchev–Trinajstić information content (AvgIpc) is 2.65. The van der Waals surface area contributed by atoms with Crippen LogP contribution in [0.15, 0.2) is 6.20 Å². The first kappa shape index (κ1) is 11.3. The van der Waals surface area contributed by atoms with E-state index in [1.54, 1.807) is 11.8 Å². The van der Waals surface area contributed by atoms with Gasteiger partial charge in [-0.3, -0.25) is 4.79 Å². The maximum absolute atomic E-state index is 12.3. The predicted octanol–water partition coefficient (Wildman–Crippen LogP) is 1.44. The zero-order valence-electron chi connectivity index (χ0n) is 9.77. The van der Waals surface area contributed by atoms with E-state index in [4.69, 9.17) is 4.74 Å². The molecule has 0 bridgehead atoms. The molecular formula is C11H17N3O2. The SMILES string of the molecule is CCCn1nncc1C(=O)C1(OC)CCC1. The molecule has 0 amide bonds. The molecule has 1 aliphatic rings. The third kappa shape index (κ3) is 1.65. The van der Waals surface area contributed by atoms with Crippen LogP contribution in [0.5, 0.6) is 0 Å². The Morgan fingerprint density at radius 2 is 2.38 bits per heavy atom. The maximum Gasteiger partial charge on any atom is 0.214 e. The number of rotatable bonds is 5. The van der Waals surface area contributed by atoms with Gasteiger partial charge in [-0.1, -0.05) is 12.1 Å². The molecule has 5 heteroatoms. The Kier molecular flexibility index (Phi) is 3.05. The number of hydrogen-bond acceptors (Lipinski definition) is 4. The number of carbonyl (C=O) groups excluding carboxylic acids is 1. The summed E-state index contributed by atoms with van der Waals surface area (Å²) in [6.45, 7) is 2.77. The van der Waals surface area contributed by atoms with Gasteiger partial charge in [0, 0.05) is 13.7 Å². The highest BCUT2D eigenvalue weighted by Gasteiger charge is 2.45. The number of Topliss-reactive ketones (excluding diaryl/α,β-unsaturated/α-hetero) is 1. The molecule has 1 heterocycles. The Bertz CT molecular complexity index is 377. The molecule has 0 unspecified atom stereocenters. The van der Waals surface area contributed by atoms with Crippen molar-refractivity contribution in [1.29, 1.82) is 0 Å². The molecule has 1 aromatic heterocycles. The largest absolute Gasteiger partial charge is 0.370 e. The normalized spacial score (nSPS) is 18.1. The zero-order chi connectivity index (χ0) is 11.6. The number of carbonyl (C=O) groups is 1. The van der Waals surface area contributed by atoms with Crippen molar-refractivity contribution in [2.45, 2.75) is 44.8 Å². The molecule has 5 nitrogen and oxygen atoms in total. The van der Waals surface area contributed by atoms with Crippen LogP contribution in [0.1, 0.15) is 43.1 Å². The van der Waals surface area contributed by atoms with Gasteiger partial charge in [-0.05, 0) is 25.7 Å². The van der Waals surface area contributed by atoms with Crippen molar-refractivity contribution in [3.8, 4) is 0 Å². The molecule has 0 atom stereocenters. The highest BCUT2D eigenvalue weighted by molar-refractivity contribution is 6.01. The summed E-state index contributed by atoms with van der Waals surface area (Å²) in [5.74, 6) is 0.0275. The molecule has 0 spiro atoms. The summed E-state index contributed by atoms with van der Waals surface area (Å²) in [6, 6.07) is 0.